The van der Waals surface area contributed by atoms with Crippen molar-refractivity contribution < 1.29 is 19.1 Å². The lowest BCUT2D eigenvalue weighted by molar-refractivity contribution is -0.114. The molecule has 0 bridgehead atoms. The van der Waals surface area contributed by atoms with E-state index >= 15 is 0 Å². The highest BCUT2D eigenvalue weighted by Crippen LogP contribution is 2.34. The van der Waals surface area contributed by atoms with Crippen LogP contribution >= 0.6 is 7.60 Å². The largest absolute Gasteiger partial charge is 0.366 e. The average Bonchev–Trinajstić information content (AvgIpc) is 1.80. The number of carbonyl (C=O) groups is 1. The lowest BCUT2D eigenvalue weighted by Crippen LogP contribution is -2.11. The molecule has 0 atom stereocenters. The quantitative estimate of drug-likeness (QED) is 0.405. The van der Waals surface area contributed by atoms with Gasteiger partial charge in [0.15, 0.2) is 0 Å². The molecule has 0 spiro atoms. The van der Waals surface area contributed by atoms with Gasteiger partial charge in [-0.3, -0.25) is 9.36 Å². The molecule has 11 heavy (non-hydrogen) atoms. The van der Waals surface area contributed by atoms with Crippen molar-refractivity contribution in [3.8, 4) is 0 Å². The molecule has 0 aliphatic heterocycles. The van der Waals surface area contributed by atoms with Crippen LogP contribution in [0.3, 0.4) is 0 Å². The van der Waals surface area contributed by atoms with Crippen molar-refractivity contribution in [2.45, 2.75) is 6.92 Å². The van der Waals surface area contributed by atoms with Crippen LogP contribution in [0.5, 0.6) is 0 Å². The molecule has 0 aromatic rings. The summed E-state index contributed by atoms with van der Waals surface area (Å²) in [6.45, 7) is 1.40. The highest BCUT2D eigenvalue weighted by molar-refractivity contribution is 7.51. The Labute approximate surface area is 64.1 Å². The predicted octanol–water partition coefficient (Wildman–Crippen LogP) is -0.404. The summed E-state index contributed by atoms with van der Waals surface area (Å²) >= 11 is 0. The second-order valence-corrected chi connectivity index (χ2v) is 3.79. The lowest BCUT2D eigenvalue weighted by Gasteiger charge is -1.98. The Balaban J connectivity index is 4.15. The van der Waals surface area contributed by atoms with Crippen molar-refractivity contribution in [1.82, 2.24) is 0 Å². The SMILES string of the molecule is CC(=CCP(=O)(O)O)C(N)=O. The van der Waals surface area contributed by atoms with E-state index in [-0.39, 0.29) is 5.57 Å². The number of primary amides is 1. The highest BCUT2D eigenvalue weighted by Gasteiger charge is 2.10. The third kappa shape index (κ3) is 5.79. The Hall–Kier alpha value is -0.640. The van der Waals surface area contributed by atoms with Crippen LogP contribution < -0.4 is 5.73 Å². The molecule has 0 radical (unpaired) electrons. The van der Waals surface area contributed by atoms with Gasteiger partial charge in [0, 0.05) is 5.57 Å². The van der Waals surface area contributed by atoms with Crippen LogP contribution in [0.4, 0.5) is 0 Å². The summed E-state index contributed by atoms with van der Waals surface area (Å²) in [6.07, 6.45) is 0.685. The van der Waals surface area contributed by atoms with E-state index < -0.39 is 19.7 Å². The van der Waals surface area contributed by atoms with Crippen LogP contribution in [0, 0.1) is 0 Å². The molecule has 0 fully saturated rings. The van der Waals surface area contributed by atoms with Crippen LogP contribution in [0.2, 0.25) is 0 Å². The first-order valence-electron chi connectivity index (χ1n) is 2.84. The van der Waals surface area contributed by atoms with Crippen molar-refractivity contribution in [3.05, 3.63) is 11.6 Å². The maximum atomic E-state index is 10.3. The molecule has 1 amide bonds. The first kappa shape index (κ1) is 10.4. The Kier molecular flexibility index (Phi) is 3.45. The average molecular weight is 179 g/mol. The summed E-state index contributed by atoms with van der Waals surface area (Å²) < 4.78 is 10.3. The van der Waals surface area contributed by atoms with Gasteiger partial charge in [0.05, 0.1) is 6.16 Å². The summed E-state index contributed by atoms with van der Waals surface area (Å²) in [7, 11) is -4.04. The van der Waals surface area contributed by atoms with E-state index in [9.17, 15) is 9.36 Å². The van der Waals surface area contributed by atoms with Crippen molar-refractivity contribution >= 4 is 13.5 Å². The predicted molar refractivity (Wildman–Crippen MR) is 39.9 cm³/mol. The molecule has 5 nitrogen and oxygen atoms in total. The molecule has 4 N–H and O–H groups in total. The molecule has 64 valence electrons. The van der Waals surface area contributed by atoms with Gasteiger partial charge in [-0.05, 0) is 6.92 Å². The second-order valence-electron chi connectivity index (χ2n) is 2.10. The summed E-state index contributed by atoms with van der Waals surface area (Å²) in [4.78, 5) is 27.0. The third-order valence-electron chi connectivity index (χ3n) is 1.02. The normalized spacial score (nSPS) is 13.2. The number of allylic oxidation sites excluding steroid dienone is 1. The minimum absolute atomic E-state index is 0.160. The molecule has 0 aromatic carbocycles. The van der Waals surface area contributed by atoms with E-state index in [0.29, 0.717) is 0 Å². The van der Waals surface area contributed by atoms with E-state index in [1.165, 1.54) is 6.92 Å². The van der Waals surface area contributed by atoms with E-state index in [0.717, 1.165) is 6.08 Å². The molecule has 0 saturated carbocycles. The fourth-order valence-electron chi connectivity index (χ4n) is 0.356. The summed E-state index contributed by atoms with van der Waals surface area (Å²) in [5, 5.41) is 0. The maximum Gasteiger partial charge on any atom is 0.329 e. The molecule has 0 unspecified atom stereocenters. The molecular formula is C5H10NO4P. The molecule has 0 heterocycles. The highest BCUT2D eigenvalue weighted by atomic mass is 31.2. The number of hydrogen-bond donors (Lipinski definition) is 3. The van der Waals surface area contributed by atoms with Crippen LogP contribution in [-0.4, -0.2) is 21.9 Å². The van der Waals surface area contributed by atoms with Crippen LogP contribution in [0.15, 0.2) is 11.6 Å². The molecule has 0 saturated heterocycles. The fourth-order valence-corrected chi connectivity index (χ4v) is 0.868. The van der Waals surface area contributed by atoms with Gasteiger partial charge in [-0.25, -0.2) is 0 Å². The zero-order chi connectivity index (χ0) is 9.07. The molecule has 0 aliphatic carbocycles. The Morgan fingerprint density at radius 2 is 2.09 bits per heavy atom. The van der Waals surface area contributed by atoms with Gasteiger partial charge >= 0.3 is 7.60 Å². The van der Waals surface area contributed by atoms with Crippen molar-refractivity contribution in [2.75, 3.05) is 6.16 Å². The van der Waals surface area contributed by atoms with Crippen LogP contribution in [-0.2, 0) is 9.36 Å². The smallest absolute Gasteiger partial charge is 0.329 e. The molecule has 0 aromatic heterocycles. The first-order valence-corrected chi connectivity index (χ1v) is 4.64. The fraction of sp³-hybridized carbons (Fsp3) is 0.400. The summed E-state index contributed by atoms with van der Waals surface area (Å²) in [5.41, 5.74) is 4.97. The number of hydrogen-bond acceptors (Lipinski definition) is 2. The van der Waals surface area contributed by atoms with Gasteiger partial charge in [0.1, 0.15) is 0 Å². The molecular weight excluding hydrogens is 169 g/mol. The zero-order valence-electron chi connectivity index (χ0n) is 6.02. The van der Waals surface area contributed by atoms with Gasteiger partial charge in [0.2, 0.25) is 5.91 Å². The van der Waals surface area contributed by atoms with E-state index in [1.54, 1.807) is 0 Å². The number of rotatable bonds is 3. The van der Waals surface area contributed by atoms with Gasteiger partial charge in [0.25, 0.3) is 0 Å². The van der Waals surface area contributed by atoms with Gasteiger partial charge in [-0.1, -0.05) is 6.08 Å². The first-order chi connectivity index (χ1) is 4.83. The van der Waals surface area contributed by atoms with Gasteiger partial charge in [-0.15, -0.1) is 0 Å². The third-order valence-corrected chi connectivity index (χ3v) is 1.68. The number of nitrogens with two attached hydrogens (primary N) is 1. The molecule has 6 heteroatoms. The lowest BCUT2D eigenvalue weighted by atomic mass is 10.3. The Morgan fingerprint density at radius 3 is 2.36 bits per heavy atom. The number of carbonyl (C=O) groups excluding carboxylic acids is 1. The van der Waals surface area contributed by atoms with E-state index in [2.05, 4.69) is 0 Å². The Bertz CT molecular complexity index is 229. The van der Waals surface area contributed by atoms with E-state index in [1.807, 2.05) is 0 Å². The summed E-state index contributed by atoms with van der Waals surface area (Å²) in [6, 6.07) is 0. The minimum Gasteiger partial charge on any atom is -0.366 e. The number of amides is 1. The zero-order valence-corrected chi connectivity index (χ0v) is 6.91. The monoisotopic (exact) mass is 179 g/mol. The topological polar surface area (TPSA) is 101 Å². The summed E-state index contributed by atoms with van der Waals surface area (Å²) in [5.74, 6) is -0.668. The van der Waals surface area contributed by atoms with Crippen molar-refractivity contribution in [2.24, 2.45) is 5.73 Å². The molecule has 0 aliphatic rings. The van der Waals surface area contributed by atoms with Crippen LogP contribution in [0.1, 0.15) is 6.92 Å². The maximum absolute atomic E-state index is 10.3. The van der Waals surface area contributed by atoms with Crippen molar-refractivity contribution in [3.63, 3.8) is 0 Å². The Morgan fingerprint density at radius 1 is 1.64 bits per heavy atom. The van der Waals surface area contributed by atoms with Crippen LogP contribution in [0.25, 0.3) is 0 Å². The standard InChI is InChI=1S/C5H10NO4P/c1-4(5(6)7)2-3-11(8,9)10/h2H,3H2,1H3,(H2,6,7)(H2,8,9,10). The van der Waals surface area contributed by atoms with Crippen molar-refractivity contribution in [1.29, 1.82) is 0 Å². The molecule has 0 rings (SSSR count). The minimum atomic E-state index is -4.04. The van der Waals surface area contributed by atoms with E-state index in [4.69, 9.17) is 15.5 Å². The van der Waals surface area contributed by atoms with Gasteiger partial charge < -0.3 is 15.5 Å². The van der Waals surface area contributed by atoms with Gasteiger partial charge in [-0.2, -0.15) is 0 Å². The second kappa shape index (κ2) is 3.67.